The molecule has 16 heavy (non-hydrogen) atoms. The SMILES string of the molecule is CC(C)(C)C(=O)OCCOCCOCCO. The fourth-order valence-electron chi connectivity index (χ4n) is 0.796. The van der Waals surface area contributed by atoms with E-state index in [9.17, 15) is 4.79 Å². The molecule has 0 rings (SSSR count). The van der Waals surface area contributed by atoms with E-state index < -0.39 is 5.41 Å². The third-order valence-electron chi connectivity index (χ3n) is 1.68. The summed E-state index contributed by atoms with van der Waals surface area (Å²) in [5.74, 6) is -0.229. The van der Waals surface area contributed by atoms with Crippen LogP contribution in [0.25, 0.3) is 0 Å². The minimum atomic E-state index is -0.468. The molecule has 0 aromatic heterocycles. The first-order valence-corrected chi connectivity index (χ1v) is 5.42. The second kappa shape index (κ2) is 8.50. The molecule has 0 aromatic rings. The van der Waals surface area contributed by atoms with Gasteiger partial charge in [-0.2, -0.15) is 0 Å². The van der Waals surface area contributed by atoms with Crippen LogP contribution in [0.5, 0.6) is 0 Å². The Morgan fingerprint density at radius 2 is 1.50 bits per heavy atom. The van der Waals surface area contributed by atoms with Crippen molar-refractivity contribution in [3.05, 3.63) is 0 Å². The van der Waals surface area contributed by atoms with Crippen LogP contribution < -0.4 is 0 Å². The Hall–Kier alpha value is -0.650. The molecule has 5 nitrogen and oxygen atoms in total. The van der Waals surface area contributed by atoms with Crippen LogP contribution in [0.3, 0.4) is 0 Å². The average Bonchev–Trinajstić information content (AvgIpc) is 2.20. The predicted molar refractivity (Wildman–Crippen MR) is 59.1 cm³/mol. The number of esters is 1. The topological polar surface area (TPSA) is 65.0 Å². The van der Waals surface area contributed by atoms with Crippen molar-refractivity contribution in [3.8, 4) is 0 Å². The minimum Gasteiger partial charge on any atom is -0.463 e. The summed E-state index contributed by atoms with van der Waals surface area (Å²) in [5, 5.41) is 8.42. The van der Waals surface area contributed by atoms with Crippen LogP contribution in [0, 0.1) is 5.41 Å². The van der Waals surface area contributed by atoms with Crippen molar-refractivity contribution in [1.29, 1.82) is 0 Å². The van der Waals surface area contributed by atoms with E-state index >= 15 is 0 Å². The van der Waals surface area contributed by atoms with Crippen LogP contribution in [0.2, 0.25) is 0 Å². The lowest BCUT2D eigenvalue weighted by molar-refractivity contribution is -0.154. The first-order chi connectivity index (χ1) is 7.48. The number of rotatable bonds is 8. The molecule has 0 aromatic carbocycles. The van der Waals surface area contributed by atoms with Gasteiger partial charge in [0.25, 0.3) is 0 Å². The summed E-state index contributed by atoms with van der Waals surface area (Å²) in [6.07, 6.45) is 0. The number of aliphatic hydroxyl groups is 1. The molecule has 0 unspecified atom stereocenters. The Balaban J connectivity index is 3.25. The summed E-state index contributed by atoms with van der Waals surface area (Å²) in [5.41, 5.74) is -0.468. The fourth-order valence-corrected chi connectivity index (χ4v) is 0.796. The highest BCUT2D eigenvalue weighted by molar-refractivity contribution is 5.75. The summed E-state index contributed by atoms with van der Waals surface area (Å²) in [4.78, 5) is 11.3. The summed E-state index contributed by atoms with van der Waals surface area (Å²) in [6, 6.07) is 0. The lowest BCUT2D eigenvalue weighted by atomic mass is 9.97. The Bertz CT molecular complexity index is 185. The summed E-state index contributed by atoms with van der Waals surface area (Å²) >= 11 is 0. The van der Waals surface area contributed by atoms with Gasteiger partial charge in [-0.1, -0.05) is 0 Å². The van der Waals surface area contributed by atoms with Crippen LogP contribution in [0.1, 0.15) is 20.8 Å². The van der Waals surface area contributed by atoms with E-state index in [1.54, 1.807) is 20.8 Å². The highest BCUT2D eigenvalue weighted by Gasteiger charge is 2.22. The number of aliphatic hydroxyl groups excluding tert-OH is 1. The second-order valence-corrected chi connectivity index (χ2v) is 4.33. The van der Waals surface area contributed by atoms with E-state index in [4.69, 9.17) is 19.3 Å². The number of carbonyl (C=O) groups excluding carboxylic acids is 1. The van der Waals surface area contributed by atoms with E-state index in [1.807, 2.05) is 0 Å². The van der Waals surface area contributed by atoms with Crippen molar-refractivity contribution in [2.24, 2.45) is 5.41 Å². The molecule has 1 N–H and O–H groups in total. The zero-order valence-corrected chi connectivity index (χ0v) is 10.3. The highest BCUT2D eigenvalue weighted by atomic mass is 16.6. The molecule has 0 aliphatic heterocycles. The van der Waals surface area contributed by atoms with Crippen molar-refractivity contribution in [2.45, 2.75) is 20.8 Å². The van der Waals surface area contributed by atoms with Crippen molar-refractivity contribution in [3.63, 3.8) is 0 Å². The molecule has 0 fully saturated rings. The quantitative estimate of drug-likeness (QED) is 0.492. The van der Waals surface area contributed by atoms with Crippen LogP contribution in [0.4, 0.5) is 0 Å². The van der Waals surface area contributed by atoms with E-state index in [-0.39, 0.29) is 19.2 Å². The van der Waals surface area contributed by atoms with E-state index in [2.05, 4.69) is 0 Å². The standard InChI is InChI=1S/C11H22O5/c1-11(2,3)10(13)16-9-8-15-7-6-14-5-4-12/h12H,4-9H2,1-3H3. The molecule has 0 aliphatic rings. The van der Waals surface area contributed by atoms with Gasteiger partial charge < -0.3 is 19.3 Å². The maximum atomic E-state index is 11.3. The molecule has 0 saturated heterocycles. The van der Waals surface area contributed by atoms with E-state index in [0.717, 1.165) is 0 Å². The van der Waals surface area contributed by atoms with Gasteiger partial charge in [-0.3, -0.25) is 4.79 Å². The lowest BCUT2D eigenvalue weighted by Gasteiger charge is -2.16. The van der Waals surface area contributed by atoms with Gasteiger partial charge in [0, 0.05) is 0 Å². The summed E-state index contributed by atoms with van der Waals surface area (Å²) < 4.78 is 15.1. The van der Waals surface area contributed by atoms with Crippen LogP contribution in [-0.4, -0.2) is 50.7 Å². The molecular weight excluding hydrogens is 212 g/mol. The highest BCUT2D eigenvalue weighted by Crippen LogP contribution is 2.14. The van der Waals surface area contributed by atoms with E-state index in [1.165, 1.54) is 0 Å². The van der Waals surface area contributed by atoms with Gasteiger partial charge in [-0.25, -0.2) is 0 Å². The molecule has 5 heteroatoms. The molecular formula is C11H22O5. The monoisotopic (exact) mass is 234 g/mol. The largest absolute Gasteiger partial charge is 0.463 e. The molecule has 96 valence electrons. The Morgan fingerprint density at radius 1 is 1.00 bits per heavy atom. The van der Waals surface area contributed by atoms with Crippen LogP contribution in [0.15, 0.2) is 0 Å². The summed E-state index contributed by atoms with van der Waals surface area (Å²) in [6.45, 7) is 7.25. The van der Waals surface area contributed by atoms with Crippen LogP contribution in [-0.2, 0) is 19.0 Å². The smallest absolute Gasteiger partial charge is 0.311 e. The maximum Gasteiger partial charge on any atom is 0.311 e. The Labute approximate surface area is 96.7 Å². The number of hydrogen-bond acceptors (Lipinski definition) is 5. The molecule has 0 heterocycles. The molecule has 0 atom stereocenters. The molecule has 0 amide bonds. The second-order valence-electron chi connectivity index (χ2n) is 4.33. The fraction of sp³-hybridized carbons (Fsp3) is 0.909. The van der Waals surface area contributed by atoms with Gasteiger partial charge >= 0.3 is 5.97 Å². The van der Waals surface area contributed by atoms with Gasteiger partial charge in [-0.15, -0.1) is 0 Å². The van der Waals surface area contributed by atoms with E-state index in [0.29, 0.717) is 26.4 Å². The minimum absolute atomic E-state index is 0.0171. The first-order valence-electron chi connectivity index (χ1n) is 5.42. The normalized spacial score (nSPS) is 11.5. The van der Waals surface area contributed by atoms with Gasteiger partial charge in [0.05, 0.1) is 38.4 Å². The molecule has 0 spiro atoms. The number of hydrogen-bond donors (Lipinski definition) is 1. The first kappa shape index (κ1) is 15.3. The zero-order valence-electron chi connectivity index (χ0n) is 10.3. The number of carbonyl (C=O) groups is 1. The van der Waals surface area contributed by atoms with Crippen molar-refractivity contribution >= 4 is 5.97 Å². The van der Waals surface area contributed by atoms with Gasteiger partial charge in [0.15, 0.2) is 0 Å². The predicted octanol–water partition coefficient (Wildman–Crippen LogP) is 0.601. The molecule has 0 radical (unpaired) electrons. The molecule has 0 saturated carbocycles. The van der Waals surface area contributed by atoms with Gasteiger partial charge in [-0.05, 0) is 20.8 Å². The Kier molecular flexibility index (Phi) is 8.15. The maximum absolute atomic E-state index is 11.3. The van der Waals surface area contributed by atoms with Crippen molar-refractivity contribution < 1.29 is 24.1 Å². The van der Waals surface area contributed by atoms with Gasteiger partial charge in [0.1, 0.15) is 6.61 Å². The van der Waals surface area contributed by atoms with Crippen LogP contribution >= 0.6 is 0 Å². The van der Waals surface area contributed by atoms with Crippen molar-refractivity contribution in [2.75, 3.05) is 39.6 Å². The molecule has 0 aliphatic carbocycles. The average molecular weight is 234 g/mol. The number of ether oxygens (including phenoxy) is 3. The summed E-state index contributed by atoms with van der Waals surface area (Å²) in [7, 11) is 0. The third kappa shape index (κ3) is 8.64. The lowest BCUT2D eigenvalue weighted by Crippen LogP contribution is -2.24. The van der Waals surface area contributed by atoms with Gasteiger partial charge in [0.2, 0.25) is 0 Å². The molecule has 0 bridgehead atoms. The van der Waals surface area contributed by atoms with Crippen molar-refractivity contribution in [1.82, 2.24) is 0 Å². The zero-order chi connectivity index (χ0) is 12.4. The Morgan fingerprint density at radius 3 is 2.00 bits per heavy atom. The third-order valence-corrected chi connectivity index (χ3v) is 1.68.